The summed E-state index contributed by atoms with van der Waals surface area (Å²) in [6.45, 7) is 8.35. The average molecular weight is 476 g/mol. The summed E-state index contributed by atoms with van der Waals surface area (Å²) >= 11 is 0. The maximum absolute atomic E-state index is 12.9. The summed E-state index contributed by atoms with van der Waals surface area (Å²) < 4.78 is 38.7. The summed E-state index contributed by atoms with van der Waals surface area (Å²) in [4.78, 5) is 15.3. The van der Waals surface area contributed by atoms with Gasteiger partial charge in [-0.15, -0.1) is 0 Å². The monoisotopic (exact) mass is 475 g/mol. The van der Waals surface area contributed by atoms with Crippen LogP contribution in [0.4, 0.5) is 0 Å². The van der Waals surface area contributed by atoms with Crippen LogP contribution in [0.25, 0.3) is 0 Å². The number of sulfonamides is 1. The fourth-order valence-corrected chi connectivity index (χ4v) is 5.85. The lowest BCUT2D eigenvalue weighted by Gasteiger charge is -2.33. The fourth-order valence-electron chi connectivity index (χ4n) is 4.38. The van der Waals surface area contributed by atoms with Crippen LogP contribution in [-0.4, -0.2) is 69.5 Å². The number of nitrogens with zero attached hydrogens (tertiary/aromatic N) is 2. The van der Waals surface area contributed by atoms with E-state index in [0.29, 0.717) is 44.3 Å². The third-order valence-corrected chi connectivity index (χ3v) is 8.44. The van der Waals surface area contributed by atoms with Gasteiger partial charge in [-0.25, -0.2) is 8.42 Å². The number of furan rings is 1. The second-order valence-corrected chi connectivity index (χ2v) is 10.9. The number of piperidine rings is 1. The number of benzene rings is 1. The van der Waals surface area contributed by atoms with Gasteiger partial charge < -0.3 is 14.5 Å². The molecule has 2 aromatic rings. The van der Waals surface area contributed by atoms with E-state index in [2.05, 4.69) is 17.1 Å². The Balaban J connectivity index is 1.41. The zero-order valence-corrected chi connectivity index (χ0v) is 20.1. The predicted octanol–water partition coefficient (Wildman–Crippen LogP) is 2.81. The second-order valence-electron chi connectivity index (χ2n) is 8.93. The molecule has 0 saturated carbocycles. The molecular formula is C24H33N3O5S. The lowest BCUT2D eigenvalue weighted by Crippen LogP contribution is -2.43. The number of amides is 1. The third kappa shape index (κ3) is 5.66. The Bertz CT molecular complexity index is 1040. The van der Waals surface area contributed by atoms with Gasteiger partial charge in [-0.2, -0.15) is 4.31 Å². The van der Waals surface area contributed by atoms with E-state index in [1.807, 2.05) is 19.1 Å². The van der Waals surface area contributed by atoms with E-state index in [1.54, 1.807) is 16.4 Å². The zero-order chi connectivity index (χ0) is 23.4. The number of morpholine rings is 1. The molecule has 1 atom stereocenters. The van der Waals surface area contributed by atoms with Crippen molar-refractivity contribution in [3.63, 3.8) is 0 Å². The van der Waals surface area contributed by atoms with E-state index in [9.17, 15) is 13.2 Å². The number of carbonyl (C=O) groups is 1. The van der Waals surface area contributed by atoms with E-state index in [0.717, 1.165) is 37.5 Å². The van der Waals surface area contributed by atoms with Crippen LogP contribution < -0.4 is 5.32 Å². The van der Waals surface area contributed by atoms with Crippen LogP contribution >= 0.6 is 0 Å². The lowest BCUT2D eigenvalue weighted by atomic mass is 10.0. The summed E-state index contributed by atoms with van der Waals surface area (Å²) in [6, 6.07) is 9.99. The van der Waals surface area contributed by atoms with Crippen LogP contribution in [-0.2, 0) is 14.8 Å². The minimum absolute atomic E-state index is 0.0901. The molecule has 0 aliphatic carbocycles. The Hall–Kier alpha value is -2.20. The van der Waals surface area contributed by atoms with Gasteiger partial charge in [0.15, 0.2) is 0 Å². The molecule has 2 aliphatic heterocycles. The SMILES string of the molecule is Cc1ccc(C(CNC(=O)c2ccc(S(=O)(=O)N3CCC(C)CC3)cc2)N2CCOCC2)o1. The van der Waals surface area contributed by atoms with E-state index < -0.39 is 10.0 Å². The summed E-state index contributed by atoms with van der Waals surface area (Å²) in [7, 11) is -3.53. The average Bonchev–Trinajstić information content (AvgIpc) is 3.26. The van der Waals surface area contributed by atoms with E-state index in [4.69, 9.17) is 9.15 Å². The minimum Gasteiger partial charge on any atom is -0.465 e. The van der Waals surface area contributed by atoms with Crippen molar-refractivity contribution in [1.82, 2.24) is 14.5 Å². The molecular weight excluding hydrogens is 442 g/mol. The number of ether oxygens (including phenoxy) is 1. The van der Waals surface area contributed by atoms with Gasteiger partial charge >= 0.3 is 0 Å². The summed E-state index contributed by atoms with van der Waals surface area (Å²) in [5, 5.41) is 2.99. The van der Waals surface area contributed by atoms with Gasteiger partial charge in [0.25, 0.3) is 5.91 Å². The van der Waals surface area contributed by atoms with Crippen LogP contribution in [0.2, 0.25) is 0 Å². The maximum Gasteiger partial charge on any atom is 0.251 e. The van der Waals surface area contributed by atoms with E-state index in [1.165, 1.54) is 12.1 Å². The normalized spacial score (nSPS) is 19.9. The molecule has 8 nitrogen and oxygen atoms in total. The number of aryl methyl sites for hydroxylation is 1. The molecule has 9 heteroatoms. The van der Waals surface area contributed by atoms with Crippen LogP contribution in [0.15, 0.2) is 45.7 Å². The summed E-state index contributed by atoms with van der Waals surface area (Å²) in [5.41, 5.74) is 0.428. The molecule has 1 unspecified atom stereocenters. The number of rotatable bonds is 7. The highest BCUT2D eigenvalue weighted by molar-refractivity contribution is 7.89. The first-order chi connectivity index (χ1) is 15.8. The Morgan fingerprint density at radius 2 is 1.73 bits per heavy atom. The lowest BCUT2D eigenvalue weighted by molar-refractivity contribution is 0.0117. The number of nitrogens with one attached hydrogen (secondary N) is 1. The van der Waals surface area contributed by atoms with Gasteiger partial charge in [0.2, 0.25) is 10.0 Å². The third-order valence-electron chi connectivity index (χ3n) is 6.53. The highest BCUT2D eigenvalue weighted by Crippen LogP contribution is 2.25. The molecule has 2 aliphatic rings. The Morgan fingerprint density at radius 3 is 2.33 bits per heavy atom. The maximum atomic E-state index is 12.9. The molecule has 33 heavy (non-hydrogen) atoms. The van der Waals surface area contributed by atoms with Crippen molar-refractivity contribution in [2.24, 2.45) is 5.92 Å². The van der Waals surface area contributed by atoms with Crippen molar-refractivity contribution in [1.29, 1.82) is 0 Å². The van der Waals surface area contributed by atoms with Crippen molar-refractivity contribution in [3.8, 4) is 0 Å². The van der Waals surface area contributed by atoms with Gasteiger partial charge in [0.05, 0.1) is 24.2 Å². The Labute approximate surface area is 195 Å². The Morgan fingerprint density at radius 1 is 1.06 bits per heavy atom. The first-order valence-electron chi connectivity index (χ1n) is 11.6. The quantitative estimate of drug-likeness (QED) is 0.662. The van der Waals surface area contributed by atoms with Crippen molar-refractivity contribution in [3.05, 3.63) is 53.5 Å². The van der Waals surface area contributed by atoms with Gasteiger partial charge in [0.1, 0.15) is 11.5 Å². The molecule has 1 aromatic carbocycles. The largest absolute Gasteiger partial charge is 0.465 e. The van der Waals surface area contributed by atoms with Crippen molar-refractivity contribution < 1.29 is 22.4 Å². The van der Waals surface area contributed by atoms with Crippen LogP contribution in [0.5, 0.6) is 0 Å². The van der Waals surface area contributed by atoms with E-state index >= 15 is 0 Å². The molecule has 180 valence electrons. The molecule has 4 rings (SSSR count). The topological polar surface area (TPSA) is 92.1 Å². The van der Waals surface area contributed by atoms with Gasteiger partial charge in [0, 0.05) is 38.3 Å². The van der Waals surface area contributed by atoms with Crippen LogP contribution in [0, 0.1) is 12.8 Å². The number of carbonyl (C=O) groups excluding carboxylic acids is 1. The van der Waals surface area contributed by atoms with Crippen molar-refractivity contribution >= 4 is 15.9 Å². The van der Waals surface area contributed by atoms with Crippen LogP contribution in [0.3, 0.4) is 0 Å². The Kier molecular flexibility index (Phi) is 7.53. The number of hydrogen-bond donors (Lipinski definition) is 1. The van der Waals surface area contributed by atoms with E-state index in [-0.39, 0.29) is 16.8 Å². The standard InChI is InChI=1S/C24H33N3O5S/c1-18-9-11-27(12-10-18)33(29,30)21-6-4-20(5-7-21)24(28)25-17-22(23-8-3-19(2)32-23)26-13-15-31-16-14-26/h3-8,18,22H,9-17H2,1-2H3,(H,25,28). The molecule has 0 bridgehead atoms. The zero-order valence-electron chi connectivity index (χ0n) is 19.3. The first-order valence-corrected chi connectivity index (χ1v) is 13.0. The van der Waals surface area contributed by atoms with Gasteiger partial charge in [-0.3, -0.25) is 9.69 Å². The summed E-state index contributed by atoms with van der Waals surface area (Å²) in [6.07, 6.45) is 1.75. The fraction of sp³-hybridized carbons (Fsp3) is 0.542. The molecule has 1 amide bonds. The molecule has 3 heterocycles. The minimum atomic E-state index is -3.53. The van der Waals surface area contributed by atoms with Crippen molar-refractivity contribution in [2.75, 3.05) is 45.9 Å². The van der Waals surface area contributed by atoms with Crippen LogP contribution in [0.1, 0.15) is 47.7 Å². The molecule has 2 fully saturated rings. The number of hydrogen-bond acceptors (Lipinski definition) is 6. The highest BCUT2D eigenvalue weighted by atomic mass is 32.2. The molecule has 1 aromatic heterocycles. The van der Waals surface area contributed by atoms with Crippen molar-refractivity contribution in [2.45, 2.75) is 37.6 Å². The van der Waals surface area contributed by atoms with Gasteiger partial charge in [-0.1, -0.05) is 6.92 Å². The molecule has 2 saturated heterocycles. The predicted molar refractivity (Wildman–Crippen MR) is 125 cm³/mol. The second kappa shape index (κ2) is 10.4. The van der Waals surface area contributed by atoms with Gasteiger partial charge in [-0.05, 0) is 62.1 Å². The molecule has 0 spiro atoms. The molecule has 1 N–H and O–H groups in total. The summed E-state index contributed by atoms with van der Waals surface area (Å²) in [5.74, 6) is 1.95. The smallest absolute Gasteiger partial charge is 0.251 e. The molecule has 0 radical (unpaired) electrons. The first kappa shape index (κ1) is 23.9. The highest BCUT2D eigenvalue weighted by Gasteiger charge is 2.29.